The Hall–Kier alpha value is -4.52. The molecule has 188 valence electrons. The third-order valence-corrected chi connectivity index (χ3v) is 6.49. The molecule has 0 bridgehead atoms. The second-order valence-corrected chi connectivity index (χ2v) is 8.27. The maximum absolute atomic E-state index is 14.7. The first-order valence-electron chi connectivity index (χ1n) is 11.6. The van der Waals surface area contributed by atoms with Gasteiger partial charge in [0.15, 0.2) is 5.75 Å². The summed E-state index contributed by atoms with van der Waals surface area (Å²) in [5.41, 5.74) is 3.63. The van der Waals surface area contributed by atoms with Crippen LogP contribution in [0.4, 0.5) is 4.39 Å². The molecule has 0 aliphatic heterocycles. The van der Waals surface area contributed by atoms with E-state index in [1.54, 1.807) is 41.6 Å². The van der Waals surface area contributed by atoms with Crippen LogP contribution in [-0.2, 0) is 0 Å². The molecule has 0 atom stereocenters. The molecule has 1 aromatic heterocycles. The number of hydrogen-bond acceptors (Lipinski definition) is 5. The number of fused-ring (bicyclic) bond motifs is 2. The van der Waals surface area contributed by atoms with E-state index in [1.807, 2.05) is 59.2 Å². The number of benzene rings is 4. The van der Waals surface area contributed by atoms with Crippen molar-refractivity contribution in [2.45, 2.75) is 0 Å². The summed E-state index contributed by atoms with van der Waals surface area (Å²) in [6, 6.07) is 21.6. The van der Waals surface area contributed by atoms with Gasteiger partial charge >= 0.3 is 0 Å². The van der Waals surface area contributed by atoms with Crippen molar-refractivity contribution in [3.05, 3.63) is 78.6 Å². The maximum atomic E-state index is 14.7. The maximum Gasteiger partial charge on any atom is 0.256 e. The van der Waals surface area contributed by atoms with E-state index in [-0.39, 0.29) is 5.82 Å². The van der Waals surface area contributed by atoms with E-state index in [4.69, 9.17) is 23.7 Å². The van der Waals surface area contributed by atoms with Crippen LogP contribution in [0.2, 0.25) is 0 Å². The van der Waals surface area contributed by atoms with Crippen LogP contribution in [0.15, 0.2) is 72.8 Å². The fourth-order valence-electron chi connectivity index (χ4n) is 4.95. The summed E-state index contributed by atoms with van der Waals surface area (Å²) in [6.45, 7) is 0. The van der Waals surface area contributed by atoms with Crippen molar-refractivity contribution in [1.82, 2.24) is 0 Å². The quantitative estimate of drug-likeness (QED) is 0.199. The summed E-state index contributed by atoms with van der Waals surface area (Å²) in [7, 11) is 8.06. The molecule has 5 rings (SSSR count). The minimum absolute atomic E-state index is 0.383. The van der Waals surface area contributed by atoms with Crippen molar-refractivity contribution in [2.24, 2.45) is 0 Å². The number of aromatic nitrogens is 1. The van der Waals surface area contributed by atoms with Crippen LogP contribution in [0.5, 0.6) is 28.7 Å². The topological polar surface area (TPSA) is 50.0 Å². The fraction of sp³-hybridized carbons (Fsp3) is 0.167. The number of halogens is 1. The van der Waals surface area contributed by atoms with Crippen LogP contribution in [0.3, 0.4) is 0 Å². The number of rotatable bonds is 7. The van der Waals surface area contributed by atoms with Crippen molar-refractivity contribution in [3.8, 4) is 45.6 Å². The van der Waals surface area contributed by atoms with Gasteiger partial charge in [-0.3, -0.25) is 0 Å². The standard InChI is InChI=1S/C30H27FNO5/c1-33-22-16-15-18(31)17-21(22)32-19-9-6-11-23(34-2)27(19)30(28-20(32)10-7-12-24(28)35-3)29-25(36-4)13-8-14-26(29)37-5/h6-17H,1-5H3/q+1. The molecule has 0 radical (unpaired) electrons. The molecule has 0 unspecified atom stereocenters. The molecule has 6 nitrogen and oxygen atoms in total. The SMILES string of the molecule is COc1ccc(F)cc1-[n+]1c2cccc(OC)c2c(-c2c(OC)cccc2OC)c2c(OC)cccc21. The zero-order valence-corrected chi connectivity index (χ0v) is 21.3. The largest absolute Gasteiger partial charge is 0.496 e. The van der Waals surface area contributed by atoms with Gasteiger partial charge in [-0.1, -0.05) is 18.2 Å². The smallest absolute Gasteiger partial charge is 0.256 e. The van der Waals surface area contributed by atoms with Crippen LogP contribution in [0.1, 0.15) is 0 Å². The van der Waals surface area contributed by atoms with E-state index in [2.05, 4.69) is 0 Å². The predicted molar refractivity (Wildman–Crippen MR) is 141 cm³/mol. The molecule has 1 heterocycles. The molecule has 0 saturated heterocycles. The highest BCUT2D eigenvalue weighted by molar-refractivity contribution is 6.14. The highest BCUT2D eigenvalue weighted by Gasteiger charge is 2.32. The lowest BCUT2D eigenvalue weighted by molar-refractivity contribution is -0.538. The van der Waals surface area contributed by atoms with Gasteiger partial charge in [0.1, 0.15) is 28.8 Å². The first-order valence-corrected chi connectivity index (χ1v) is 11.6. The molecular formula is C30H27FNO5+. The van der Waals surface area contributed by atoms with E-state index in [1.165, 1.54) is 12.1 Å². The summed E-state index contributed by atoms with van der Waals surface area (Å²) in [6.07, 6.45) is 0. The van der Waals surface area contributed by atoms with Gasteiger partial charge in [-0.25, -0.2) is 4.39 Å². The monoisotopic (exact) mass is 500 g/mol. The third-order valence-electron chi connectivity index (χ3n) is 6.49. The minimum atomic E-state index is -0.383. The molecule has 0 amide bonds. The second-order valence-electron chi connectivity index (χ2n) is 8.27. The van der Waals surface area contributed by atoms with Gasteiger partial charge in [0.2, 0.25) is 11.0 Å². The predicted octanol–water partition coefficient (Wildman–Crippen LogP) is 6.12. The molecular weight excluding hydrogens is 473 g/mol. The number of ether oxygens (including phenoxy) is 5. The van der Waals surface area contributed by atoms with Crippen molar-refractivity contribution < 1.29 is 32.6 Å². The Morgan fingerprint density at radius 1 is 0.514 bits per heavy atom. The Labute approximate surface area is 214 Å². The molecule has 5 aromatic rings. The molecule has 0 aliphatic carbocycles. The Morgan fingerprint density at radius 3 is 1.46 bits per heavy atom. The van der Waals surface area contributed by atoms with E-state index in [0.29, 0.717) is 34.4 Å². The zero-order valence-electron chi connectivity index (χ0n) is 21.3. The van der Waals surface area contributed by atoms with Crippen molar-refractivity contribution >= 4 is 21.8 Å². The summed E-state index contributed by atoms with van der Waals surface area (Å²) < 4.78 is 45.7. The van der Waals surface area contributed by atoms with Crippen molar-refractivity contribution in [2.75, 3.05) is 35.5 Å². The van der Waals surface area contributed by atoms with Crippen LogP contribution >= 0.6 is 0 Å². The Balaban J connectivity index is 2.14. The van der Waals surface area contributed by atoms with Gasteiger partial charge in [0, 0.05) is 17.7 Å². The fourth-order valence-corrected chi connectivity index (χ4v) is 4.95. The van der Waals surface area contributed by atoms with Crippen molar-refractivity contribution in [1.29, 1.82) is 0 Å². The molecule has 7 heteroatoms. The first-order chi connectivity index (χ1) is 18.1. The highest BCUT2D eigenvalue weighted by atomic mass is 19.1. The summed E-state index contributed by atoms with van der Waals surface area (Å²) >= 11 is 0. The molecule has 0 spiro atoms. The lowest BCUT2D eigenvalue weighted by atomic mass is 9.92. The average molecular weight is 501 g/mol. The average Bonchev–Trinajstić information content (AvgIpc) is 2.94. The highest BCUT2D eigenvalue weighted by Crippen LogP contribution is 2.49. The number of methoxy groups -OCH3 is 5. The van der Waals surface area contributed by atoms with Crippen LogP contribution in [0, 0.1) is 5.82 Å². The van der Waals surface area contributed by atoms with Crippen molar-refractivity contribution in [3.63, 3.8) is 0 Å². The number of nitrogens with zero attached hydrogens (tertiary/aromatic N) is 1. The summed E-state index contributed by atoms with van der Waals surface area (Å²) in [5, 5.41) is 1.55. The minimum Gasteiger partial charge on any atom is -0.496 e. The third kappa shape index (κ3) is 3.83. The van der Waals surface area contributed by atoms with Gasteiger partial charge < -0.3 is 23.7 Å². The van der Waals surface area contributed by atoms with Gasteiger partial charge in [0.25, 0.3) is 5.69 Å². The van der Waals surface area contributed by atoms with E-state index >= 15 is 0 Å². The molecule has 0 aliphatic rings. The molecule has 0 fully saturated rings. The Kier molecular flexibility index (Phi) is 6.44. The molecule has 0 N–H and O–H groups in total. The summed E-state index contributed by atoms with van der Waals surface area (Å²) in [4.78, 5) is 0. The van der Waals surface area contributed by atoms with Gasteiger partial charge in [-0.2, -0.15) is 0 Å². The van der Waals surface area contributed by atoms with Gasteiger partial charge in [-0.15, -0.1) is 4.57 Å². The Morgan fingerprint density at radius 2 is 0.973 bits per heavy atom. The molecule has 4 aromatic carbocycles. The first kappa shape index (κ1) is 24.2. The van der Waals surface area contributed by atoms with Gasteiger partial charge in [0.05, 0.1) is 58.0 Å². The van der Waals surface area contributed by atoms with Crippen LogP contribution < -0.4 is 28.3 Å². The number of pyridine rings is 1. The molecule has 37 heavy (non-hydrogen) atoms. The zero-order chi connectivity index (χ0) is 26.1. The van der Waals surface area contributed by atoms with E-state index in [9.17, 15) is 4.39 Å². The van der Waals surface area contributed by atoms with Crippen LogP contribution in [-0.4, -0.2) is 35.5 Å². The normalized spacial score (nSPS) is 11.0. The van der Waals surface area contributed by atoms with Gasteiger partial charge in [-0.05, 0) is 36.4 Å². The summed E-state index contributed by atoms with van der Waals surface area (Å²) in [5.74, 6) is 2.63. The molecule has 0 saturated carbocycles. The van der Waals surface area contributed by atoms with E-state index < -0.39 is 0 Å². The lowest BCUT2D eigenvalue weighted by Crippen LogP contribution is -2.34. The Bertz CT molecular complexity index is 1550. The lowest BCUT2D eigenvalue weighted by Gasteiger charge is -2.19. The number of hydrogen-bond donors (Lipinski definition) is 0. The van der Waals surface area contributed by atoms with E-state index in [0.717, 1.165) is 32.9 Å². The second kappa shape index (κ2) is 9.85. The van der Waals surface area contributed by atoms with Crippen LogP contribution in [0.25, 0.3) is 38.6 Å².